The number of nitrogens with zero attached hydrogens (tertiary/aromatic N) is 3. The minimum atomic E-state index is 0.371. The van der Waals surface area contributed by atoms with E-state index in [4.69, 9.17) is 0 Å². The number of hydrazine groups is 1. The van der Waals surface area contributed by atoms with Crippen LogP contribution in [0.5, 0.6) is 0 Å². The summed E-state index contributed by atoms with van der Waals surface area (Å²) >= 11 is 1.74. The Morgan fingerprint density at radius 1 is 1.38 bits per heavy atom. The van der Waals surface area contributed by atoms with E-state index in [9.17, 15) is 0 Å². The number of nitrogens with one attached hydrogen (secondary N) is 1. The van der Waals surface area contributed by atoms with E-state index in [-0.39, 0.29) is 0 Å². The van der Waals surface area contributed by atoms with Crippen molar-refractivity contribution in [3.8, 4) is 0 Å². The molecule has 16 heavy (non-hydrogen) atoms. The molecule has 0 spiro atoms. The smallest absolute Gasteiger partial charge is 0.0798 e. The van der Waals surface area contributed by atoms with Crippen LogP contribution in [0.3, 0.4) is 0 Å². The normalized spacial score (nSPS) is 21.2. The maximum absolute atomic E-state index is 4.29. The third-order valence-corrected chi connectivity index (χ3v) is 4.17. The Bertz CT molecular complexity index is 330. The van der Waals surface area contributed by atoms with Gasteiger partial charge in [0.2, 0.25) is 0 Å². The molecule has 2 rings (SSSR count). The second kappa shape index (κ2) is 5.23. The van der Waals surface area contributed by atoms with Crippen molar-refractivity contribution in [1.29, 1.82) is 0 Å². The van der Waals surface area contributed by atoms with Crippen LogP contribution in [0, 0.1) is 6.92 Å². The summed E-state index contributed by atoms with van der Waals surface area (Å²) in [6.45, 7) is 8.76. The average molecular weight is 240 g/mol. The fourth-order valence-corrected chi connectivity index (χ4v) is 2.80. The highest BCUT2D eigenvalue weighted by atomic mass is 32.1. The highest BCUT2D eigenvalue weighted by Gasteiger charge is 2.17. The molecule has 0 aliphatic carbocycles. The van der Waals surface area contributed by atoms with Crippen molar-refractivity contribution >= 4 is 11.3 Å². The van der Waals surface area contributed by atoms with Crippen molar-refractivity contribution in [3.63, 3.8) is 0 Å². The largest absolute Gasteiger partial charge is 0.304 e. The third-order valence-electron chi connectivity index (χ3n) is 3.06. The van der Waals surface area contributed by atoms with Gasteiger partial charge >= 0.3 is 0 Å². The van der Waals surface area contributed by atoms with Crippen LogP contribution in [0.2, 0.25) is 0 Å². The van der Waals surface area contributed by atoms with E-state index in [1.54, 1.807) is 11.3 Å². The fraction of sp³-hybridized carbons (Fsp3) is 0.727. The van der Waals surface area contributed by atoms with Gasteiger partial charge in [0.05, 0.1) is 17.2 Å². The van der Waals surface area contributed by atoms with Crippen molar-refractivity contribution in [3.05, 3.63) is 16.1 Å². The van der Waals surface area contributed by atoms with Gasteiger partial charge in [0, 0.05) is 31.1 Å². The van der Waals surface area contributed by atoms with Gasteiger partial charge in [0.15, 0.2) is 0 Å². The molecule has 0 aromatic carbocycles. The maximum Gasteiger partial charge on any atom is 0.0798 e. The molecule has 0 amide bonds. The molecular formula is C11H20N4S. The summed E-state index contributed by atoms with van der Waals surface area (Å²) in [5.41, 5.74) is 6.64. The zero-order valence-electron chi connectivity index (χ0n) is 10.2. The molecule has 1 aromatic rings. The summed E-state index contributed by atoms with van der Waals surface area (Å²) in [5, 5.41) is 2.32. The van der Waals surface area contributed by atoms with Crippen LogP contribution in [0.1, 0.15) is 23.5 Å². The van der Waals surface area contributed by atoms with Crippen molar-refractivity contribution < 1.29 is 0 Å². The highest BCUT2D eigenvalue weighted by Crippen LogP contribution is 2.21. The number of aryl methyl sites for hydroxylation is 1. The van der Waals surface area contributed by atoms with E-state index < -0.39 is 0 Å². The summed E-state index contributed by atoms with van der Waals surface area (Å²) in [6, 6.07) is 0.371. The lowest BCUT2D eigenvalue weighted by molar-refractivity contribution is 0.0903. The van der Waals surface area contributed by atoms with Crippen molar-refractivity contribution in [1.82, 2.24) is 20.3 Å². The standard InChI is InChI=1S/C11H20N4S/c1-9-11(16-8-12-9)10(2)13-15-6-4-14(3)5-7-15/h8,10,13H,4-7H2,1-3H3. The molecule has 0 bridgehead atoms. The number of aromatic nitrogens is 1. The number of piperazine rings is 1. The first kappa shape index (κ1) is 12.0. The van der Waals surface area contributed by atoms with Gasteiger partial charge in [-0.25, -0.2) is 15.4 Å². The van der Waals surface area contributed by atoms with E-state index >= 15 is 0 Å². The van der Waals surface area contributed by atoms with Gasteiger partial charge in [-0.15, -0.1) is 11.3 Å². The van der Waals surface area contributed by atoms with E-state index in [0.717, 1.165) is 31.9 Å². The molecule has 1 saturated heterocycles. The van der Waals surface area contributed by atoms with Crippen LogP contribution in [0.4, 0.5) is 0 Å². The Morgan fingerprint density at radius 2 is 2.06 bits per heavy atom. The van der Waals surface area contributed by atoms with Gasteiger partial charge in [0.1, 0.15) is 0 Å². The molecule has 1 aromatic heterocycles. The van der Waals surface area contributed by atoms with Gasteiger partial charge in [-0.1, -0.05) is 0 Å². The maximum atomic E-state index is 4.29. The van der Waals surface area contributed by atoms with Crippen molar-refractivity contribution in [2.75, 3.05) is 33.2 Å². The number of likely N-dealkylation sites (N-methyl/N-ethyl adjacent to an activating group) is 1. The quantitative estimate of drug-likeness (QED) is 0.862. The average Bonchev–Trinajstić information content (AvgIpc) is 2.68. The topological polar surface area (TPSA) is 31.4 Å². The summed E-state index contributed by atoms with van der Waals surface area (Å²) in [7, 11) is 2.17. The van der Waals surface area contributed by atoms with E-state index in [1.165, 1.54) is 4.88 Å². The second-order valence-corrected chi connectivity index (χ2v) is 5.33. The molecule has 5 heteroatoms. The van der Waals surface area contributed by atoms with Crippen LogP contribution in [-0.2, 0) is 0 Å². The molecule has 1 fully saturated rings. The highest BCUT2D eigenvalue weighted by molar-refractivity contribution is 7.09. The first-order valence-corrected chi connectivity index (χ1v) is 6.64. The van der Waals surface area contributed by atoms with Gasteiger partial charge in [-0.2, -0.15) is 0 Å². The van der Waals surface area contributed by atoms with Crippen LogP contribution in [-0.4, -0.2) is 48.1 Å². The van der Waals surface area contributed by atoms with E-state index in [1.807, 2.05) is 5.51 Å². The zero-order chi connectivity index (χ0) is 11.5. The Kier molecular flexibility index (Phi) is 3.91. The van der Waals surface area contributed by atoms with E-state index in [0.29, 0.717) is 6.04 Å². The van der Waals surface area contributed by atoms with Crippen molar-refractivity contribution in [2.24, 2.45) is 0 Å². The van der Waals surface area contributed by atoms with Crippen LogP contribution in [0.15, 0.2) is 5.51 Å². The first-order chi connectivity index (χ1) is 7.66. The molecule has 0 radical (unpaired) electrons. The van der Waals surface area contributed by atoms with Crippen LogP contribution >= 0.6 is 11.3 Å². The Morgan fingerprint density at radius 3 is 2.62 bits per heavy atom. The SMILES string of the molecule is Cc1ncsc1C(C)NN1CCN(C)CC1. The predicted molar refractivity (Wildman–Crippen MR) is 67.5 cm³/mol. The number of rotatable bonds is 3. The fourth-order valence-electron chi connectivity index (χ4n) is 1.99. The molecular weight excluding hydrogens is 220 g/mol. The summed E-state index contributed by atoms with van der Waals surface area (Å²) in [6.07, 6.45) is 0. The van der Waals surface area contributed by atoms with Gasteiger partial charge in [-0.05, 0) is 20.9 Å². The zero-order valence-corrected chi connectivity index (χ0v) is 11.0. The molecule has 90 valence electrons. The van der Waals surface area contributed by atoms with Crippen LogP contribution < -0.4 is 5.43 Å². The first-order valence-electron chi connectivity index (χ1n) is 5.76. The molecule has 1 atom stereocenters. The number of thiazole rings is 1. The lowest BCUT2D eigenvalue weighted by Gasteiger charge is -2.34. The molecule has 1 aliphatic rings. The molecule has 1 unspecified atom stereocenters. The van der Waals surface area contributed by atoms with Crippen LogP contribution in [0.25, 0.3) is 0 Å². The number of hydrogen-bond acceptors (Lipinski definition) is 5. The Balaban J connectivity index is 1.88. The second-order valence-electron chi connectivity index (χ2n) is 4.44. The summed E-state index contributed by atoms with van der Waals surface area (Å²) in [4.78, 5) is 8.00. The lowest BCUT2D eigenvalue weighted by Crippen LogP contribution is -2.51. The molecule has 2 heterocycles. The summed E-state index contributed by atoms with van der Waals surface area (Å²) in [5.74, 6) is 0. The molecule has 1 N–H and O–H groups in total. The lowest BCUT2D eigenvalue weighted by atomic mass is 10.2. The Labute approximate surface area is 101 Å². The van der Waals surface area contributed by atoms with Gasteiger partial charge < -0.3 is 4.90 Å². The third kappa shape index (κ3) is 2.79. The van der Waals surface area contributed by atoms with E-state index in [2.05, 4.69) is 41.2 Å². The minimum Gasteiger partial charge on any atom is -0.304 e. The van der Waals surface area contributed by atoms with Crippen molar-refractivity contribution in [2.45, 2.75) is 19.9 Å². The minimum absolute atomic E-state index is 0.371. The predicted octanol–water partition coefficient (Wildman–Crippen LogP) is 1.26. The molecule has 4 nitrogen and oxygen atoms in total. The van der Waals surface area contributed by atoms with Gasteiger partial charge in [-0.3, -0.25) is 0 Å². The molecule has 0 saturated carbocycles. The van der Waals surface area contributed by atoms with Gasteiger partial charge in [0.25, 0.3) is 0 Å². The monoisotopic (exact) mass is 240 g/mol. The summed E-state index contributed by atoms with van der Waals surface area (Å²) < 4.78 is 0. The Hall–Kier alpha value is -0.490. The molecule has 1 aliphatic heterocycles. The number of hydrogen-bond donors (Lipinski definition) is 1.